The van der Waals surface area contributed by atoms with E-state index in [1.807, 2.05) is 11.9 Å². The van der Waals surface area contributed by atoms with Crippen molar-refractivity contribution in [1.29, 1.82) is 0 Å². The number of fused-ring (bicyclic) bond motifs is 1. The number of nitrogens with zero attached hydrogens (tertiary/aromatic N) is 2. The Morgan fingerprint density at radius 3 is 2.42 bits per heavy atom. The summed E-state index contributed by atoms with van der Waals surface area (Å²) >= 11 is 0. The summed E-state index contributed by atoms with van der Waals surface area (Å²) in [5.74, 6) is -0.105. The molecule has 0 unspecified atom stereocenters. The smallest absolute Gasteiger partial charge is 0.261 e. The highest BCUT2D eigenvalue weighted by atomic mass is 35.5. The van der Waals surface area contributed by atoms with E-state index in [9.17, 15) is 14.4 Å². The molecule has 0 saturated carbocycles. The van der Waals surface area contributed by atoms with E-state index in [0.29, 0.717) is 22.6 Å². The van der Waals surface area contributed by atoms with Crippen LogP contribution in [0.1, 0.15) is 43.9 Å². The predicted octanol–water partition coefficient (Wildman–Crippen LogP) is 1.41. The summed E-state index contributed by atoms with van der Waals surface area (Å²) in [6.07, 6.45) is 1.97. The van der Waals surface area contributed by atoms with Gasteiger partial charge in [0.1, 0.15) is 0 Å². The van der Waals surface area contributed by atoms with Crippen molar-refractivity contribution in [2.75, 3.05) is 33.7 Å². The van der Waals surface area contributed by atoms with Crippen LogP contribution in [0.3, 0.4) is 0 Å². The molecule has 0 aromatic heterocycles. The van der Waals surface area contributed by atoms with E-state index in [-0.39, 0.29) is 30.1 Å². The molecule has 1 aromatic carbocycles. The third-order valence-electron chi connectivity index (χ3n) is 4.73. The van der Waals surface area contributed by atoms with E-state index in [0.717, 1.165) is 37.4 Å². The number of rotatable bonds is 3. The fourth-order valence-electron chi connectivity index (χ4n) is 3.31. The average molecular weight is 352 g/mol. The van der Waals surface area contributed by atoms with Crippen LogP contribution in [0.15, 0.2) is 18.2 Å². The van der Waals surface area contributed by atoms with Gasteiger partial charge in [0.15, 0.2) is 0 Å². The van der Waals surface area contributed by atoms with Crippen LogP contribution in [0, 0.1) is 5.92 Å². The first kappa shape index (κ1) is 18.4. The van der Waals surface area contributed by atoms with Gasteiger partial charge in [-0.25, -0.2) is 0 Å². The van der Waals surface area contributed by atoms with Gasteiger partial charge in [-0.3, -0.25) is 19.3 Å². The van der Waals surface area contributed by atoms with Crippen molar-refractivity contribution in [3.8, 4) is 0 Å². The normalized spacial score (nSPS) is 17.8. The van der Waals surface area contributed by atoms with Gasteiger partial charge in [-0.1, -0.05) is 0 Å². The van der Waals surface area contributed by atoms with Crippen molar-refractivity contribution in [3.63, 3.8) is 0 Å². The standard InChI is InChI=1S/C17H21N3O3.ClH/c1-18-10-11-5-7-20(8-6-11)15(21)12-3-4-13-14(9-12)17(23)19(2)16(13)22;/h3-4,9,11,18H,5-8,10H2,1-2H3;1H. The molecule has 1 N–H and O–H groups in total. The molecule has 0 spiro atoms. The lowest BCUT2D eigenvalue weighted by Gasteiger charge is -2.32. The summed E-state index contributed by atoms with van der Waals surface area (Å²) in [5.41, 5.74) is 1.18. The van der Waals surface area contributed by atoms with Gasteiger partial charge < -0.3 is 10.2 Å². The first-order chi connectivity index (χ1) is 11.0. The number of benzene rings is 1. The van der Waals surface area contributed by atoms with Crippen LogP contribution in [-0.2, 0) is 0 Å². The molecule has 3 rings (SSSR count). The predicted molar refractivity (Wildman–Crippen MR) is 92.7 cm³/mol. The fraction of sp³-hybridized carbons (Fsp3) is 0.471. The van der Waals surface area contributed by atoms with Crippen LogP contribution in [0.25, 0.3) is 0 Å². The maximum absolute atomic E-state index is 12.6. The zero-order valence-corrected chi connectivity index (χ0v) is 14.7. The molecule has 1 saturated heterocycles. The minimum atomic E-state index is -0.340. The minimum absolute atomic E-state index is 0. The second-order valence-electron chi connectivity index (χ2n) is 6.22. The molecule has 3 amide bonds. The lowest BCUT2D eigenvalue weighted by molar-refractivity contribution is 0.0684. The summed E-state index contributed by atoms with van der Waals surface area (Å²) in [6, 6.07) is 4.78. The number of halogens is 1. The Labute approximate surface area is 147 Å². The molecular formula is C17H22ClN3O3. The van der Waals surface area contributed by atoms with Crippen LogP contribution in [0.5, 0.6) is 0 Å². The first-order valence-electron chi connectivity index (χ1n) is 7.93. The van der Waals surface area contributed by atoms with Gasteiger partial charge in [-0.05, 0) is 50.6 Å². The topological polar surface area (TPSA) is 69.7 Å². The number of imide groups is 1. The van der Waals surface area contributed by atoms with Crippen LogP contribution in [0.4, 0.5) is 0 Å². The summed E-state index contributed by atoms with van der Waals surface area (Å²) in [7, 11) is 3.40. The van der Waals surface area contributed by atoms with E-state index in [2.05, 4.69) is 5.32 Å². The molecule has 24 heavy (non-hydrogen) atoms. The molecule has 1 aromatic rings. The summed E-state index contributed by atoms with van der Waals surface area (Å²) in [4.78, 5) is 39.5. The van der Waals surface area contributed by atoms with Gasteiger partial charge in [0.05, 0.1) is 11.1 Å². The molecule has 0 bridgehead atoms. The summed E-state index contributed by atoms with van der Waals surface area (Å²) < 4.78 is 0. The Bertz CT molecular complexity index is 669. The monoisotopic (exact) mass is 351 g/mol. The molecule has 1 fully saturated rings. The van der Waals surface area contributed by atoms with Gasteiger partial charge in [0.25, 0.3) is 17.7 Å². The number of hydrogen-bond acceptors (Lipinski definition) is 4. The Hall–Kier alpha value is -1.92. The molecule has 0 atom stereocenters. The number of likely N-dealkylation sites (tertiary alicyclic amines) is 1. The van der Waals surface area contributed by atoms with E-state index in [4.69, 9.17) is 0 Å². The quantitative estimate of drug-likeness (QED) is 0.836. The zero-order chi connectivity index (χ0) is 16.6. The minimum Gasteiger partial charge on any atom is -0.339 e. The zero-order valence-electron chi connectivity index (χ0n) is 13.9. The van der Waals surface area contributed by atoms with Gasteiger partial charge in [-0.15, -0.1) is 12.4 Å². The van der Waals surface area contributed by atoms with Crippen LogP contribution < -0.4 is 5.32 Å². The lowest BCUT2D eigenvalue weighted by Crippen LogP contribution is -2.40. The van der Waals surface area contributed by atoms with Crippen molar-refractivity contribution < 1.29 is 14.4 Å². The molecule has 6 nitrogen and oxygen atoms in total. The van der Waals surface area contributed by atoms with Crippen molar-refractivity contribution in [1.82, 2.24) is 15.1 Å². The van der Waals surface area contributed by atoms with Crippen molar-refractivity contribution in [3.05, 3.63) is 34.9 Å². The number of nitrogens with one attached hydrogen (secondary N) is 1. The van der Waals surface area contributed by atoms with Crippen molar-refractivity contribution >= 4 is 30.1 Å². The molecule has 2 aliphatic heterocycles. The molecule has 2 heterocycles. The van der Waals surface area contributed by atoms with Gasteiger partial charge in [0, 0.05) is 25.7 Å². The number of carbonyl (C=O) groups excluding carboxylic acids is 3. The molecule has 0 aliphatic carbocycles. The van der Waals surface area contributed by atoms with Crippen LogP contribution in [-0.4, -0.2) is 61.3 Å². The Morgan fingerprint density at radius 2 is 1.79 bits per heavy atom. The van der Waals surface area contributed by atoms with Gasteiger partial charge >= 0.3 is 0 Å². The van der Waals surface area contributed by atoms with Crippen LogP contribution >= 0.6 is 12.4 Å². The highest BCUT2D eigenvalue weighted by molar-refractivity contribution is 6.21. The van der Waals surface area contributed by atoms with Crippen molar-refractivity contribution in [2.24, 2.45) is 5.92 Å². The number of carbonyl (C=O) groups is 3. The Kier molecular flexibility index (Phi) is 5.62. The molecule has 7 heteroatoms. The first-order valence-corrected chi connectivity index (χ1v) is 7.93. The highest BCUT2D eigenvalue weighted by Gasteiger charge is 2.33. The number of piperidine rings is 1. The van der Waals surface area contributed by atoms with E-state index >= 15 is 0 Å². The fourth-order valence-corrected chi connectivity index (χ4v) is 3.31. The molecule has 0 radical (unpaired) electrons. The Morgan fingerprint density at radius 1 is 1.17 bits per heavy atom. The van der Waals surface area contributed by atoms with Gasteiger partial charge in [-0.2, -0.15) is 0 Å². The number of amides is 3. The maximum Gasteiger partial charge on any atom is 0.261 e. The number of hydrogen-bond donors (Lipinski definition) is 1. The second-order valence-corrected chi connectivity index (χ2v) is 6.22. The summed E-state index contributed by atoms with van der Waals surface area (Å²) in [5, 5.41) is 3.18. The van der Waals surface area contributed by atoms with E-state index < -0.39 is 0 Å². The summed E-state index contributed by atoms with van der Waals surface area (Å²) in [6.45, 7) is 2.44. The third-order valence-corrected chi connectivity index (χ3v) is 4.73. The average Bonchev–Trinajstić information content (AvgIpc) is 2.79. The van der Waals surface area contributed by atoms with E-state index in [1.165, 1.54) is 7.05 Å². The largest absolute Gasteiger partial charge is 0.339 e. The van der Waals surface area contributed by atoms with Crippen LogP contribution in [0.2, 0.25) is 0 Å². The van der Waals surface area contributed by atoms with Gasteiger partial charge in [0.2, 0.25) is 0 Å². The Balaban J connectivity index is 0.00000208. The molecule has 130 valence electrons. The maximum atomic E-state index is 12.6. The van der Waals surface area contributed by atoms with Crippen molar-refractivity contribution in [2.45, 2.75) is 12.8 Å². The second kappa shape index (κ2) is 7.32. The van der Waals surface area contributed by atoms with E-state index in [1.54, 1.807) is 18.2 Å². The molecular weight excluding hydrogens is 330 g/mol. The molecule has 2 aliphatic rings. The third kappa shape index (κ3) is 3.16. The lowest BCUT2D eigenvalue weighted by atomic mass is 9.96. The highest BCUT2D eigenvalue weighted by Crippen LogP contribution is 2.24. The SMILES string of the molecule is CNCC1CCN(C(=O)c2ccc3c(c2)C(=O)N(C)C3=O)CC1.Cl.